The Morgan fingerprint density at radius 2 is 2.15 bits per heavy atom. The van der Waals surface area contributed by atoms with E-state index in [-0.39, 0.29) is 13.0 Å². The highest BCUT2D eigenvalue weighted by atomic mass is 19.1. The number of aliphatic hydroxyl groups is 1. The molecule has 1 amide bonds. The zero-order chi connectivity index (χ0) is 14.7. The molecule has 5 nitrogen and oxygen atoms in total. The Balaban J connectivity index is 2.09. The maximum atomic E-state index is 13.0. The summed E-state index contributed by atoms with van der Waals surface area (Å²) in [7, 11) is 0. The summed E-state index contributed by atoms with van der Waals surface area (Å²) in [5, 5.41) is 18.5. The van der Waals surface area contributed by atoms with Gasteiger partial charge in [0.1, 0.15) is 11.9 Å². The Hall–Kier alpha value is -2.21. The molecule has 1 aromatic carbocycles. The molecule has 2 rings (SSSR count). The van der Waals surface area contributed by atoms with E-state index in [1.54, 1.807) is 6.07 Å². The maximum Gasteiger partial charge on any atom is 0.326 e. The van der Waals surface area contributed by atoms with E-state index in [0.717, 1.165) is 4.90 Å². The van der Waals surface area contributed by atoms with Crippen LogP contribution in [0.25, 0.3) is 6.08 Å². The molecule has 0 bridgehead atoms. The van der Waals surface area contributed by atoms with Crippen LogP contribution in [0.5, 0.6) is 0 Å². The number of carbonyl (C=O) groups is 2. The number of carbonyl (C=O) groups excluding carboxylic acids is 1. The number of aliphatic carboxylic acids is 1. The topological polar surface area (TPSA) is 77.8 Å². The Morgan fingerprint density at radius 1 is 1.40 bits per heavy atom. The number of carboxylic acids is 1. The highest BCUT2D eigenvalue weighted by molar-refractivity contribution is 5.94. The molecule has 2 unspecified atom stereocenters. The Kier molecular flexibility index (Phi) is 4.14. The van der Waals surface area contributed by atoms with E-state index < -0.39 is 29.8 Å². The molecule has 1 aliphatic rings. The summed E-state index contributed by atoms with van der Waals surface area (Å²) in [4.78, 5) is 24.0. The van der Waals surface area contributed by atoms with Crippen LogP contribution in [-0.4, -0.2) is 45.7 Å². The number of halogens is 1. The van der Waals surface area contributed by atoms with Crippen LogP contribution in [0.2, 0.25) is 0 Å². The van der Waals surface area contributed by atoms with Gasteiger partial charge in [0.25, 0.3) is 0 Å². The standard InChI is InChI=1S/C14H14FNO4/c15-10-3-1-2-9(6-10)4-5-13(18)16-8-11(17)7-12(16)14(19)20/h1-6,11-12,17H,7-8H2,(H,19,20)/b5-4+. The number of hydrogen-bond donors (Lipinski definition) is 2. The molecule has 106 valence electrons. The number of carboxylic acid groups (broad SMARTS) is 1. The highest BCUT2D eigenvalue weighted by Crippen LogP contribution is 2.19. The van der Waals surface area contributed by atoms with Crippen LogP contribution >= 0.6 is 0 Å². The second kappa shape index (κ2) is 5.83. The number of amides is 1. The van der Waals surface area contributed by atoms with Crippen molar-refractivity contribution in [3.63, 3.8) is 0 Å². The first-order chi connectivity index (χ1) is 9.47. The fourth-order valence-electron chi connectivity index (χ4n) is 2.16. The van der Waals surface area contributed by atoms with Gasteiger partial charge in [0.05, 0.1) is 6.10 Å². The maximum absolute atomic E-state index is 13.0. The largest absolute Gasteiger partial charge is 0.480 e. The Bertz CT molecular complexity index is 558. The number of β-amino-alcohol motifs (C(OH)–C–C–N with tert-alkyl or cyclic N) is 1. The first-order valence-corrected chi connectivity index (χ1v) is 6.12. The molecule has 1 fully saturated rings. The minimum Gasteiger partial charge on any atom is -0.480 e. The zero-order valence-electron chi connectivity index (χ0n) is 10.6. The normalized spacial score (nSPS) is 22.4. The molecule has 1 saturated heterocycles. The van der Waals surface area contributed by atoms with Gasteiger partial charge in [-0.15, -0.1) is 0 Å². The number of likely N-dealkylation sites (tertiary alicyclic amines) is 1. The van der Waals surface area contributed by atoms with Crippen LogP contribution in [-0.2, 0) is 9.59 Å². The third-order valence-electron chi connectivity index (χ3n) is 3.11. The summed E-state index contributed by atoms with van der Waals surface area (Å²) >= 11 is 0. The van der Waals surface area contributed by atoms with Gasteiger partial charge in [-0.05, 0) is 23.8 Å². The lowest BCUT2D eigenvalue weighted by molar-refractivity contribution is -0.146. The minimum absolute atomic E-state index is 0.0106. The molecular formula is C14H14FNO4. The summed E-state index contributed by atoms with van der Waals surface area (Å²) in [6, 6.07) is 4.67. The van der Waals surface area contributed by atoms with Crippen molar-refractivity contribution in [2.45, 2.75) is 18.6 Å². The van der Waals surface area contributed by atoms with E-state index in [4.69, 9.17) is 5.11 Å². The predicted octanol–water partition coefficient (Wildman–Crippen LogP) is 0.885. The van der Waals surface area contributed by atoms with E-state index in [2.05, 4.69) is 0 Å². The fourth-order valence-corrected chi connectivity index (χ4v) is 2.16. The molecule has 0 spiro atoms. The summed E-state index contributed by atoms with van der Waals surface area (Å²) in [6.07, 6.45) is 1.79. The van der Waals surface area contributed by atoms with E-state index in [0.29, 0.717) is 5.56 Å². The van der Waals surface area contributed by atoms with E-state index in [9.17, 15) is 19.1 Å². The minimum atomic E-state index is -1.14. The smallest absolute Gasteiger partial charge is 0.326 e. The Morgan fingerprint density at radius 3 is 2.80 bits per heavy atom. The number of rotatable bonds is 3. The highest BCUT2D eigenvalue weighted by Gasteiger charge is 2.37. The van der Waals surface area contributed by atoms with Crippen molar-refractivity contribution in [1.29, 1.82) is 0 Å². The molecule has 0 saturated carbocycles. The van der Waals surface area contributed by atoms with Gasteiger partial charge in [-0.1, -0.05) is 12.1 Å². The van der Waals surface area contributed by atoms with Crippen molar-refractivity contribution < 1.29 is 24.2 Å². The molecule has 1 aliphatic heterocycles. The third kappa shape index (κ3) is 3.21. The molecule has 0 aromatic heterocycles. The quantitative estimate of drug-likeness (QED) is 0.805. The van der Waals surface area contributed by atoms with Crippen LogP contribution in [0.3, 0.4) is 0 Å². The molecule has 1 heterocycles. The van der Waals surface area contributed by atoms with Crippen molar-refractivity contribution in [2.24, 2.45) is 0 Å². The first-order valence-electron chi connectivity index (χ1n) is 6.12. The summed E-state index contributed by atoms with van der Waals surface area (Å²) in [5.41, 5.74) is 0.505. The number of aliphatic hydroxyl groups excluding tert-OH is 1. The van der Waals surface area contributed by atoms with Crippen molar-refractivity contribution in [3.05, 3.63) is 41.7 Å². The number of benzene rings is 1. The second-order valence-corrected chi connectivity index (χ2v) is 4.62. The zero-order valence-corrected chi connectivity index (χ0v) is 10.6. The van der Waals surface area contributed by atoms with Crippen molar-refractivity contribution in [1.82, 2.24) is 4.90 Å². The molecular weight excluding hydrogens is 265 g/mol. The summed E-state index contributed by atoms with van der Waals surface area (Å²) < 4.78 is 13.0. The summed E-state index contributed by atoms with van der Waals surface area (Å²) in [5.74, 6) is -2.08. The molecule has 20 heavy (non-hydrogen) atoms. The van der Waals surface area contributed by atoms with E-state index in [1.165, 1.54) is 30.4 Å². The van der Waals surface area contributed by atoms with Gasteiger partial charge in [-0.2, -0.15) is 0 Å². The van der Waals surface area contributed by atoms with Crippen LogP contribution in [0.4, 0.5) is 4.39 Å². The van der Waals surface area contributed by atoms with Crippen molar-refractivity contribution >= 4 is 18.0 Å². The van der Waals surface area contributed by atoms with Crippen molar-refractivity contribution in [3.8, 4) is 0 Å². The number of nitrogens with zero attached hydrogens (tertiary/aromatic N) is 1. The van der Waals surface area contributed by atoms with E-state index >= 15 is 0 Å². The van der Waals surface area contributed by atoms with Gasteiger partial charge < -0.3 is 15.1 Å². The van der Waals surface area contributed by atoms with Crippen LogP contribution in [0.1, 0.15) is 12.0 Å². The fraction of sp³-hybridized carbons (Fsp3) is 0.286. The average molecular weight is 279 g/mol. The van der Waals surface area contributed by atoms with Gasteiger partial charge in [0.15, 0.2) is 0 Å². The second-order valence-electron chi connectivity index (χ2n) is 4.62. The molecule has 0 radical (unpaired) electrons. The molecule has 1 aromatic rings. The molecule has 6 heteroatoms. The van der Waals surface area contributed by atoms with E-state index in [1.807, 2.05) is 0 Å². The summed E-state index contributed by atoms with van der Waals surface area (Å²) in [6.45, 7) is -0.0106. The van der Waals surface area contributed by atoms with Gasteiger partial charge in [0.2, 0.25) is 5.91 Å². The monoisotopic (exact) mass is 279 g/mol. The van der Waals surface area contributed by atoms with Gasteiger partial charge >= 0.3 is 5.97 Å². The SMILES string of the molecule is O=C(O)C1CC(O)CN1C(=O)/C=C/c1cccc(F)c1. The lowest BCUT2D eigenvalue weighted by Crippen LogP contribution is -2.39. The third-order valence-corrected chi connectivity index (χ3v) is 3.11. The average Bonchev–Trinajstić information content (AvgIpc) is 2.78. The first kappa shape index (κ1) is 14.2. The van der Waals surface area contributed by atoms with Gasteiger partial charge in [0, 0.05) is 19.0 Å². The molecule has 0 aliphatic carbocycles. The Labute approximate surface area is 114 Å². The number of hydrogen-bond acceptors (Lipinski definition) is 3. The van der Waals surface area contributed by atoms with Crippen LogP contribution < -0.4 is 0 Å². The lowest BCUT2D eigenvalue weighted by atomic mass is 10.2. The van der Waals surface area contributed by atoms with Crippen LogP contribution in [0, 0.1) is 5.82 Å². The van der Waals surface area contributed by atoms with Crippen molar-refractivity contribution in [2.75, 3.05) is 6.54 Å². The lowest BCUT2D eigenvalue weighted by Gasteiger charge is -2.19. The molecule has 2 N–H and O–H groups in total. The van der Waals surface area contributed by atoms with Gasteiger partial charge in [-0.3, -0.25) is 4.79 Å². The van der Waals surface area contributed by atoms with Gasteiger partial charge in [-0.25, -0.2) is 9.18 Å². The molecule has 2 atom stereocenters. The van der Waals surface area contributed by atoms with Crippen LogP contribution in [0.15, 0.2) is 30.3 Å². The predicted molar refractivity (Wildman–Crippen MR) is 69.2 cm³/mol.